The van der Waals surface area contributed by atoms with E-state index in [0.29, 0.717) is 31.8 Å². The molecule has 6 atom stereocenters. The van der Waals surface area contributed by atoms with Crippen molar-refractivity contribution in [3.8, 4) is 33.6 Å². The molecule has 0 aliphatic carbocycles. The molecule has 4 amide bonds. The first-order chi connectivity index (χ1) is 27.5. The van der Waals surface area contributed by atoms with Gasteiger partial charge >= 0.3 is 12.2 Å². The number of H-pyrrole nitrogens is 2. The summed E-state index contributed by atoms with van der Waals surface area (Å²) in [4.78, 5) is 69.9. The van der Waals surface area contributed by atoms with Gasteiger partial charge in [0.15, 0.2) is 0 Å². The van der Waals surface area contributed by atoms with E-state index in [4.69, 9.17) is 9.72 Å². The Balaban J connectivity index is 1.04. The smallest absolute Gasteiger partial charge is 0.407 e. The molecule has 5 aromatic rings. The highest BCUT2D eigenvalue weighted by Crippen LogP contribution is 2.38. The Bertz CT molecular complexity index is 2270. The predicted molar refractivity (Wildman–Crippen MR) is 216 cm³/mol. The van der Waals surface area contributed by atoms with Crippen LogP contribution in [-0.2, 0) is 14.3 Å². The summed E-state index contributed by atoms with van der Waals surface area (Å²) in [5.41, 5.74) is 5.81. The van der Waals surface area contributed by atoms with Crippen molar-refractivity contribution in [1.82, 2.24) is 40.4 Å². The number of aromatic nitrogens is 4. The first kappa shape index (κ1) is 39.1. The average Bonchev–Trinajstić information content (AvgIpc) is 4.05. The molecular weight excluding hydrogens is 725 g/mol. The van der Waals surface area contributed by atoms with Crippen molar-refractivity contribution in [1.29, 1.82) is 0 Å². The van der Waals surface area contributed by atoms with Crippen molar-refractivity contribution < 1.29 is 29.0 Å². The van der Waals surface area contributed by atoms with Gasteiger partial charge in [0, 0.05) is 18.7 Å². The van der Waals surface area contributed by atoms with Crippen molar-refractivity contribution in [2.24, 2.45) is 11.8 Å². The highest BCUT2D eigenvalue weighted by atomic mass is 16.5. The molecule has 14 heteroatoms. The van der Waals surface area contributed by atoms with Crippen LogP contribution in [0, 0.1) is 11.8 Å². The Morgan fingerprint density at radius 2 is 1.18 bits per heavy atom. The summed E-state index contributed by atoms with van der Waals surface area (Å²) in [6.07, 6.45) is 4.10. The summed E-state index contributed by atoms with van der Waals surface area (Å²) >= 11 is 0. The van der Waals surface area contributed by atoms with Crippen LogP contribution in [0.2, 0.25) is 0 Å². The Morgan fingerprint density at radius 3 is 1.68 bits per heavy atom. The van der Waals surface area contributed by atoms with Gasteiger partial charge in [-0.2, -0.15) is 0 Å². The lowest BCUT2D eigenvalue weighted by molar-refractivity contribution is -0.135. The molecule has 7 rings (SSSR count). The number of hydrogen-bond acceptors (Lipinski definition) is 7. The molecule has 0 spiro atoms. The van der Waals surface area contributed by atoms with Gasteiger partial charge in [-0.05, 0) is 77.1 Å². The first-order valence-electron chi connectivity index (χ1n) is 19.7. The molecule has 2 unspecified atom stereocenters. The number of imidazole rings is 2. The van der Waals surface area contributed by atoms with Crippen molar-refractivity contribution in [3.05, 3.63) is 84.7 Å². The van der Waals surface area contributed by atoms with Crippen LogP contribution in [0.5, 0.6) is 0 Å². The second kappa shape index (κ2) is 16.5. The number of likely N-dealkylation sites (tertiary alicyclic amines) is 2. The van der Waals surface area contributed by atoms with Gasteiger partial charge in [-0.15, -0.1) is 0 Å². The standard InChI is InChI=1S/C43H50N8O6/c1-6-32(48-42(54)55)40(52)50-22-24(3)16-36(50)38-44-20-34(46-38)27-10-8-26(9-11-27)28-12-13-30-19-31(15-14-29(30)18-28)35-21-45-39(47-35)37-17-25(4)23-51(37)41(53)33(7-2)49-43(56)57-5/h8-15,18-21,24-25,32-33,36-37,48H,6-7,16-17,22-23H2,1-5H3,(H,44,46)(H,45,47)(H,49,56)(H,54,55)/t24-,25?,32-,33-,36-,37?/m0/s1. The maximum atomic E-state index is 13.5. The van der Waals surface area contributed by atoms with E-state index in [1.807, 2.05) is 18.0 Å². The Kier molecular flexibility index (Phi) is 11.3. The molecule has 5 N–H and O–H groups in total. The zero-order chi connectivity index (χ0) is 40.4. The number of fused-ring (bicyclic) bond motifs is 1. The van der Waals surface area contributed by atoms with E-state index in [1.165, 1.54) is 7.11 Å². The molecule has 57 heavy (non-hydrogen) atoms. The molecule has 0 saturated carbocycles. The first-order valence-corrected chi connectivity index (χ1v) is 19.7. The number of alkyl carbamates (subject to hydrolysis) is 1. The lowest BCUT2D eigenvalue weighted by Crippen LogP contribution is -2.48. The van der Waals surface area contributed by atoms with Crippen molar-refractivity contribution >= 4 is 34.8 Å². The lowest BCUT2D eigenvalue weighted by atomic mass is 9.98. The summed E-state index contributed by atoms with van der Waals surface area (Å²) in [5.74, 6) is 1.59. The number of methoxy groups -OCH3 is 1. The highest BCUT2D eigenvalue weighted by molar-refractivity contribution is 5.91. The number of rotatable bonds is 11. The second-order valence-electron chi connectivity index (χ2n) is 15.4. The van der Waals surface area contributed by atoms with Gasteiger partial charge in [-0.1, -0.05) is 76.2 Å². The minimum absolute atomic E-state index is 0.142. The highest BCUT2D eigenvalue weighted by Gasteiger charge is 2.40. The van der Waals surface area contributed by atoms with E-state index in [1.54, 1.807) is 18.0 Å². The van der Waals surface area contributed by atoms with Gasteiger partial charge in [-0.3, -0.25) is 9.59 Å². The lowest BCUT2D eigenvalue weighted by Gasteiger charge is -2.27. The summed E-state index contributed by atoms with van der Waals surface area (Å²) in [7, 11) is 1.29. The third-order valence-electron chi connectivity index (χ3n) is 11.3. The van der Waals surface area contributed by atoms with E-state index >= 15 is 0 Å². The molecule has 4 heterocycles. The van der Waals surface area contributed by atoms with Gasteiger partial charge in [-0.25, -0.2) is 19.6 Å². The molecule has 14 nitrogen and oxygen atoms in total. The van der Waals surface area contributed by atoms with Gasteiger partial charge in [0.1, 0.15) is 23.7 Å². The van der Waals surface area contributed by atoms with Crippen LogP contribution >= 0.6 is 0 Å². The minimum atomic E-state index is -1.21. The number of amides is 4. The summed E-state index contributed by atoms with van der Waals surface area (Å²) in [5, 5.41) is 16.4. The summed E-state index contributed by atoms with van der Waals surface area (Å²) in [6, 6.07) is 19.0. The molecule has 0 bridgehead atoms. The molecule has 0 radical (unpaired) electrons. The number of aromatic amines is 2. The number of benzene rings is 3. The average molecular weight is 775 g/mol. The number of nitrogens with zero attached hydrogens (tertiary/aromatic N) is 4. The van der Waals surface area contributed by atoms with Crippen LogP contribution in [0.1, 0.15) is 77.1 Å². The largest absolute Gasteiger partial charge is 0.465 e. The third-order valence-corrected chi connectivity index (χ3v) is 11.3. The minimum Gasteiger partial charge on any atom is -0.465 e. The van der Waals surface area contributed by atoms with E-state index in [-0.39, 0.29) is 35.7 Å². The van der Waals surface area contributed by atoms with Crippen molar-refractivity contribution in [2.75, 3.05) is 20.2 Å². The van der Waals surface area contributed by atoms with Crippen LogP contribution < -0.4 is 10.6 Å². The zero-order valence-electron chi connectivity index (χ0n) is 32.9. The monoisotopic (exact) mass is 774 g/mol. The van der Waals surface area contributed by atoms with E-state index in [2.05, 4.69) is 100 Å². The Labute approximate surface area is 331 Å². The second-order valence-corrected chi connectivity index (χ2v) is 15.4. The van der Waals surface area contributed by atoms with E-state index in [9.17, 15) is 24.3 Å². The topological polar surface area (TPSA) is 186 Å². The predicted octanol–water partition coefficient (Wildman–Crippen LogP) is 7.29. The van der Waals surface area contributed by atoms with E-state index in [0.717, 1.165) is 63.1 Å². The fraction of sp³-hybridized carbons (Fsp3) is 0.395. The number of ether oxygens (including phenoxy) is 1. The van der Waals surface area contributed by atoms with Crippen LogP contribution in [0.25, 0.3) is 44.4 Å². The van der Waals surface area contributed by atoms with E-state index < -0.39 is 24.3 Å². The molecular formula is C43H50N8O6. The van der Waals surface area contributed by atoms with Crippen LogP contribution in [0.15, 0.2) is 73.1 Å². The Hall–Kier alpha value is -6.18. The molecule has 2 fully saturated rings. The van der Waals surface area contributed by atoms with Gasteiger partial charge in [0.05, 0.1) is 43.0 Å². The van der Waals surface area contributed by atoms with Crippen LogP contribution in [0.4, 0.5) is 9.59 Å². The number of carboxylic acid groups (broad SMARTS) is 1. The molecule has 2 aliphatic rings. The maximum Gasteiger partial charge on any atom is 0.407 e. The third kappa shape index (κ3) is 8.21. The van der Waals surface area contributed by atoms with Crippen molar-refractivity contribution in [2.45, 2.75) is 77.5 Å². The number of hydrogen-bond donors (Lipinski definition) is 5. The summed E-state index contributed by atoms with van der Waals surface area (Å²) < 4.78 is 4.73. The number of carbonyl (C=O) groups excluding carboxylic acids is 3. The Morgan fingerprint density at radius 1 is 0.719 bits per heavy atom. The SMILES string of the molecule is CC[C@H](NC(=O)OC)C(=O)N1CC(C)CC1c1ncc(-c2ccc3cc(-c4ccc(-c5cnc([C@@H]6C[C@H](C)CN6C(=O)[C@H](CC)NC(=O)O)[nH]5)cc4)ccc3c2)[nH]1. The zero-order valence-corrected chi connectivity index (χ0v) is 32.9. The number of nitrogens with one attached hydrogen (secondary N) is 4. The fourth-order valence-electron chi connectivity index (χ4n) is 8.27. The van der Waals surface area contributed by atoms with Crippen LogP contribution in [-0.4, -0.2) is 91.1 Å². The number of carbonyl (C=O) groups is 4. The molecule has 3 aromatic carbocycles. The maximum absolute atomic E-state index is 13.5. The molecule has 2 aromatic heterocycles. The van der Waals surface area contributed by atoms with Gasteiger partial charge in [0.2, 0.25) is 11.8 Å². The molecule has 2 saturated heterocycles. The van der Waals surface area contributed by atoms with Crippen LogP contribution in [0.3, 0.4) is 0 Å². The van der Waals surface area contributed by atoms with Crippen molar-refractivity contribution in [3.63, 3.8) is 0 Å². The normalized spacial score (nSPS) is 20.4. The van der Waals surface area contributed by atoms with Gasteiger partial charge in [0.25, 0.3) is 0 Å². The molecule has 298 valence electrons. The quantitative estimate of drug-likeness (QED) is 0.0926. The molecule has 2 aliphatic heterocycles. The summed E-state index contributed by atoms with van der Waals surface area (Å²) in [6.45, 7) is 8.99. The van der Waals surface area contributed by atoms with Gasteiger partial charge < -0.3 is 40.2 Å². The fourth-order valence-corrected chi connectivity index (χ4v) is 8.27.